The van der Waals surface area contributed by atoms with Gasteiger partial charge in [0.2, 0.25) is 5.91 Å². The minimum Gasteiger partial charge on any atom is -0.342 e. The van der Waals surface area contributed by atoms with E-state index in [1.54, 1.807) is 0 Å². The van der Waals surface area contributed by atoms with E-state index in [0.29, 0.717) is 11.9 Å². The van der Waals surface area contributed by atoms with Crippen LogP contribution in [0.5, 0.6) is 0 Å². The van der Waals surface area contributed by atoms with Gasteiger partial charge in [0, 0.05) is 19.6 Å². The summed E-state index contributed by atoms with van der Waals surface area (Å²) in [4.78, 5) is 14.6. The standard InChI is InChI=1S/C13H24N2O/c1-3-7-13(8-4-9-14-10-13)12(16)15(2)11-5-6-11/h11,14H,3-10H2,1-2H3. The third-order valence-electron chi connectivity index (χ3n) is 4.07. The van der Waals surface area contributed by atoms with Crippen molar-refractivity contribution in [2.45, 2.75) is 51.5 Å². The van der Waals surface area contributed by atoms with Crippen molar-refractivity contribution in [2.24, 2.45) is 5.41 Å². The second kappa shape index (κ2) is 4.74. The maximum Gasteiger partial charge on any atom is 0.230 e. The van der Waals surface area contributed by atoms with Gasteiger partial charge in [0.25, 0.3) is 0 Å². The molecule has 0 spiro atoms. The van der Waals surface area contributed by atoms with Gasteiger partial charge in [-0.15, -0.1) is 0 Å². The molecule has 3 nitrogen and oxygen atoms in total. The second-order valence-corrected chi connectivity index (χ2v) is 5.46. The van der Waals surface area contributed by atoms with Crippen molar-refractivity contribution in [1.29, 1.82) is 0 Å². The van der Waals surface area contributed by atoms with Crippen LogP contribution in [0.25, 0.3) is 0 Å². The molecule has 2 fully saturated rings. The number of hydrogen-bond donors (Lipinski definition) is 1. The summed E-state index contributed by atoms with van der Waals surface area (Å²) in [6.45, 7) is 4.14. The number of hydrogen-bond acceptors (Lipinski definition) is 2. The third kappa shape index (κ3) is 2.24. The Bertz CT molecular complexity index is 249. The van der Waals surface area contributed by atoms with E-state index < -0.39 is 0 Å². The number of piperidine rings is 1. The van der Waals surface area contributed by atoms with Crippen LogP contribution < -0.4 is 5.32 Å². The molecule has 1 atom stereocenters. The maximum atomic E-state index is 12.6. The minimum atomic E-state index is -0.0929. The highest BCUT2D eigenvalue weighted by Crippen LogP contribution is 2.36. The molecule has 0 aromatic carbocycles. The molecule has 1 saturated carbocycles. The van der Waals surface area contributed by atoms with Gasteiger partial charge in [-0.2, -0.15) is 0 Å². The Balaban J connectivity index is 2.06. The number of rotatable bonds is 4. The lowest BCUT2D eigenvalue weighted by atomic mass is 9.75. The smallest absolute Gasteiger partial charge is 0.230 e. The van der Waals surface area contributed by atoms with Gasteiger partial charge in [-0.1, -0.05) is 13.3 Å². The summed E-state index contributed by atoms with van der Waals surface area (Å²) in [5.41, 5.74) is -0.0929. The van der Waals surface area contributed by atoms with Crippen LogP contribution in [0.3, 0.4) is 0 Å². The molecule has 2 rings (SSSR count). The fourth-order valence-electron chi connectivity index (χ4n) is 2.95. The van der Waals surface area contributed by atoms with Crippen molar-refractivity contribution in [3.63, 3.8) is 0 Å². The molecule has 1 unspecified atom stereocenters. The molecular formula is C13H24N2O. The predicted octanol–water partition coefficient (Wildman–Crippen LogP) is 1.78. The van der Waals surface area contributed by atoms with Gasteiger partial charge in [0.05, 0.1) is 5.41 Å². The van der Waals surface area contributed by atoms with Gasteiger partial charge in [-0.3, -0.25) is 4.79 Å². The van der Waals surface area contributed by atoms with Crippen LogP contribution in [0, 0.1) is 5.41 Å². The van der Waals surface area contributed by atoms with Crippen LogP contribution in [0.4, 0.5) is 0 Å². The molecule has 16 heavy (non-hydrogen) atoms. The van der Waals surface area contributed by atoms with E-state index in [4.69, 9.17) is 0 Å². The molecule has 0 radical (unpaired) electrons. The summed E-state index contributed by atoms with van der Waals surface area (Å²) in [7, 11) is 1.99. The molecule has 0 aromatic rings. The highest BCUT2D eigenvalue weighted by atomic mass is 16.2. The number of carbonyl (C=O) groups is 1. The van der Waals surface area contributed by atoms with Crippen molar-refractivity contribution in [2.75, 3.05) is 20.1 Å². The predicted molar refractivity (Wildman–Crippen MR) is 65.2 cm³/mol. The van der Waals surface area contributed by atoms with Crippen molar-refractivity contribution >= 4 is 5.91 Å². The Morgan fingerprint density at radius 3 is 2.75 bits per heavy atom. The van der Waals surface area contributed by atoms with Crippen LogP contribution >= 0.6 is 0 Å². The van der Waals surface area contributed by atoms with E-state index in [9.17, 15) is 4.79 Å². The first-order valence-corrected chi connectivity index (χ1v) is 6.67. The van der Waals surface area contributed by atoms with E-state index in [2.05, 4.69) is 12.2 Å². The largest absolute Gasteiger partial charge is 0.342 e. The Morgan fingerprint density at radius 2 is 2.25 bits per heavy atom. The minimum absolute atomic E-state index is 0.0929. The molecule has 2 aliphatic rings. The summed E-state index contributed by atoms with van der Waals surface area (Å²) in [5, 5.41) is 3.41. The van der Waals surface area contributed by atoms with Gasteiger partial charge in [-0.05, 0) is 38.6 Å². The second-order valence-electron chi connectivity index (χ2n) is 5.46. The van der Waals surface area contributed by atoms with Crippen molar-refractivity contribution in [3.8, 4) is 0 Å². The average molecular weight is 224 g/mol. The molecule has 1 saturated heterocycles. The quantitative estimate of drug-likeness (QED) is 0.789. The summed E-state index contributed by atoms with van der Waals surface area (Å²) < 4.78 is 0. The molecule has 0 aromatic heterocycles. The van der Waals surface area contributed by atoms with Crippen molar-refractivity contribution in [3.05, 3.63) is 0 Å². The number of carbonyl (C=O) groups excluding carboxylic acids is 1. The lowest BCUT2D eigenvalue weighted by molar-refractivity contribution is -0.143. The molecule has 1 N–H and O–H groups in total. The molecule has 1 aliphatic heterocycles. The Kier molecular flexibility index (Phi) is 3.53. The van der Waals surface area contributed by atoms with E-state index >= 15 is 0 Å². The van der Waals surface area contributed by atoms with Crippen LogP contribution in [0.2, 0.25) is 0 Å². The van der Waals surface area contributed by atoms with Crippen LogP contribution in [0.1, 0.15) is 45.4 Å². The van der Waals surface area contributed by atoms with Gasteiger partial charge in [0.15, 0.2) is 0 Å². The van der Waals surface area contributed by atoms with E-state index in [0.717, 1.165) is 38.8 Å². The zero-order valence-electron chi connectivity index (χ0n) is 10.6. The third-order valence-corrected chi connectivity index (χ3v) is 4.07. The molecule has 1 heterocycles. The molecule has 92 valence electrons. The van der Waals surface area contributed by atoms with Crippen molar-refractivity contribution in [1.82, 2.24) is 10.2 Å². The lowest BCUT2D eigenvalue weighted by Crippen LogP contribution is -2.51. The Morgan fingerprint density at radius 1 is 1.50 bits per heavy atom. The fourth-order valence-corrected chi connectivity index (χ4v) is 2.95. The molecular weight excluding hydrogens is 200 g/mol. The molecule has 0 bridgehead atoms. The number of nitrogens with zero attached hydrogens (tertiary/aromatic N) is 1. The highest BCUT2D eigenvalue weighted by Gasteiger charge is 2.43. The molecule has 3 heteroatoms. The Labute approximate surface area is 98.6 Å². The van der Waals surface area contributed by atoms with E-state index in [-0.39, 0.29) is 5.41 Å². The number of amides is 1. The van der Waals surface area contributed by atoms with Crippen LogP contribution in [0.15, 0.2) is 0 Å². The molecule has 1 aliphatic carbocycles. The summed E-state index contributed by atoms with van der Waals surface area (Å²) >= 11 is 0. The SMILES string of the molecule is CCCC1(C(=O)N(C)C2CC2)CCCNC1. The topological polar surface area (TPSA) is 32.3 Å². The zero-order valence-corrected chi connectivity index (χ0v) is 10.6. The normalized spacial score (nSPS) is 30.1. The first kappa shape index (κ1) is 11.9. The highest BCUT2D eigenvalue weighted by molar-refractivity contribution is 5.83. The maximum absolute atomic E-state index is 12.6. The average Bonchev–Trinajstić information content (AvgIpc) is 3.13. The zero-order chi connectivity index (χ0) is 11.6. The van der Waals surface area contributed by atoms with E-state index in [1.807, 2.05) is 11.9 Å². The Hall–Kier alpha value is -0.570. The van der Waals surface area contributed by atoms with Crippen molar-refractivity contribution < 1.29 is 4.79 Å². The van der Waals surface area contributed by atoms with Gasteiger partial charge in [0.1, 0.15) is 0 Å². The fraction of sp³-hybridized carbons (Fsp3) is 0.923. The van der Waals surface area contributed by atoms with Crippen LogP contribution in [-0.4, -0.2) is 37.0 Å². The van der Waals surface area contributed by atoms with Crippen LogP contribution in [-0.2, 0) is 4.79 Å². The summed E-state index contributed by atoms with van der Waals surface area (Å²) in [6.07, 6.45) is 6.77. The first-order valence-electron chi connectivity index (χ1n) is 6.67. The summed E-state index contributed by atoms with van der Waals surface area (Å²) in [5.74, 6) is 0.393. The monoisotopic (exact) mass is 224 g/mol. The molecule has 1 amide bonds. The van der Waals surface area contributed by atoms with Gasteiger partial charge >= 0.3 is 0 Å². The number of nitrogens with one attached hydrogen (secondary N) is 1. The lowest BCUT2D eigenvalue weighted by Gasteiger charge is -2.39. The first-order chi connectivity index (χ1) is 7.69. The van der Waals surface area contributed by atoms with Gasteiger partial charge in [-0.25, -0.2) is 0 Å². The van der Waals surface area contributed by atoms with Gasteiger partial charge < -0.3 is 10.2 Å². The van der Waals surface area contributed by atoms with E-state index in [1.165, 1.54) is 12.8 Å². The summed E-state index contributed by atoms with van der Waals surface area (Å²) in [6, 6.07) is 0.545.